The third kappa shape index (κ3) is 4.47. The molecule has 1 aromatic heterocycles. The molecule has 0 bridgehead atoms. The Balaban J connectivity index is 1.17. The van der Waals surface area contributed by atoms with E-state index in [0.29, 0.717) is 0 Å². The summed E-state index contributed by atoms with van der Waals surface area (Å²) in [7, 11) is 0. The Morgan fingerprint density at radius 1 is 0.316 bits per heavy atom. The van der Waals surface area contributed by atoms with Gasteiger partial charge in [-0.1, -0.05) is 188 Å². The number of furan rings is 1. The van der Waals surface area contributed by atoms with E-state index < -0.39 is 5.41 Å². The molecule has 266 valence electrons. The van der Waals surface area contributed by atoms with Crippen LogP contribution in [0.5, 0.6) is 0 Å². The van der Waals surface area contributed by atoms with Crippen molar-refractivity contribution in [1.29, 1.82) is 0 Å². The van der Waals surface area contributed by atoms with Crippen LogP contribution in [-0.4, -0.2) is 0 Å². The van der Waals surface area contributed by atoms with Gasteiger partial charge < -0.3 is 9.32 Å². The zero-order chi connectivity index (χ0) is 37.5. The molecule has 0 aliphatic heterocycles. The normalized spacial score (nSPS) is 13.1. The lowest BCUT2D eigenvalue weighted by Gasteiger charge is -2.32. The molecule has 2 nitrogen and oxygen atoms in total. The van der Waals surface area contributed by atoms with Crippen molar-refractivity contribution >= 4 is 39.0 Å². The molecule has 0 fully saturated rings. The Morgan fingerprint density at radius 3 is 1.40 bits per heavy atom. The summed E-state index contributed by atoms with van der Waals surface area (Å²) in [6.45, 7) is 0. The summed E-state index contributed by atoms with van der Waals surface area (Å²) >= 11 is 0. The minimum absolute atomic E-state index is 0.463. The van der Waals surface area contributed by atoms with E-state index in [1.165, 1.54) is 44.5 Å². The standard InChI is InChI=1S/C55H35NO/c1-3-17-36(18-4-1)39-21-10-14-31-51(39)56(52-32-16-27-46-45-26-15-25-40(53(45)57-54(46)52)37-19-5-2-6-20-37)38-33-34-44-43-24-9-13-30-49(43)55(50(44)35-38)47-28-11-7-22-41(47)42-23-8-12-29-48(42)55/h1-35H. The van der Waals surface area contributed by atoms with Crippen molar-refractivity contribution in [1.82, 2.24) is 0 Å². The summed E-state index contributed by atoms with van der Waals surface area (Å²) < 4.78 is 7.13. The van der Waals surface area contributed by atoms with Crippen LogP contribution in [0.1, 0.15) is 22.3 Å². The van der Waals surface area contributed by atoms with Crippen molar-refractivity contribution < 1.29 is 4.42 Å². The third-order valence-corrected chi connectivity index (χ3v) is 12.3. The Morgan fingerprint density at radius 2 is 0.772 bits per heavy atom. The molecule has 2 heteroatoms. The SMILES string of the molecule is c1ccc(-c2ccccc2N(c2ccc3c(c2)C2(c4ccccc4-c4ccccc42)c2ccccc2-3)c2cccc3c2oc2c(-c4ccccc4)cccc23)cc1. The third-order valence-electron chi connectivity index (χ3n) is 12.3. The lowest BCUT2D eigenvalue weighted by molar-refractivity contribution is 0.670. The monoisotopic (exact) mass is 725 g/mol. The van der Waals surface area contributed by atoms with Crippen molar-refractivity contribution in [3.63, 3.8) is 0 Å². The number of hydrogen-bond donors (Lipinski definition) is 0. The fourth-order valence-electron chi connectivity index (χ4n) is 9.99. The van der Waals surface area contributed by atoms with Gasteiger partial charge in [0.1, 0.15) is 5.58 Å². The lowest BCUT2D eigenvalue weighted by atomic mass is 9.70. The molecule has 10 aromatic rings. The second-order valence-electron chi connectivity index (χ2n) is 15.1. The topological polar surface area (TPSA) is 16.4 Å². The van der Waals surface area contributed by atoms with Crippen LogP contribution in [0.25, 0.3) is 66.4 Å². The molecule has 57 heavy (non-hydrogen) atoms. The van der Waals surface area contributed by atoms with Crippen molar-refractivity contribution in [2.24, 2.45) is 0 Å². The zero-order valence-corrected chi connectivity index (χ0v) is 31.1. The molecule has 12 rings (SSSR count). The molecule has 1 spiro atoms. The molecule has 0 radical (unpaired) electrons. The van der Waals surface area contributed by atoms with Crippen LogP contribution in [0.15, 0.2) is 217 Å². The average molecular weight is 726 g/mol. The first kappa shape index (κ1) is 31.9. The molecule has 0 amide bonds. The van der Waals surface area contributed by atoms with Crippen LogP contribution in [0.3, 0.4) is 0 Å². The summed E-state index contributed by atoms with van der Waals surface area (Å²) in [5.41, 5.74) is 19.4. The van der Waals surface area contributed by atoms with Crippen molar-refractivity contribution in [3.05, 3.63) is 235 Å². The Hall–Kier alpha value is -7.42. The van der Waals surface area contributed by atoms with Gasteiger partial charge in [-0.25, -0.2) is 0 Å². The molecular formula is C55H35NO. The Kier molecular flexibility index (Phi) is 6.88. The molecule has 2 aliphatic rings. The minimum Gasteiger partial charge on any atom is -0.453 e. The maximum Gasteiger partial charge on any atom is 0.159 e. The minimum atomic E-state index is -0.463. The first-order chi connectivity index (χ1) is 28.3. The smallest absolute Gasteiger partial charge is 0.159 e. The first-order valence-corrected chi connectivity index (χ1v) is 19.7. The predicted molar refractivity (Wildman–Crippen MR) is 236 cm³/mol. The largest absolute Gasteiger partial charge is 0.453 e. The predicted octanol–water partition coefficient (Wildman–Crippen LogP) is 14.7. The molecule has 0 unspecified atom stereocenters. The van der Waals surface area contributed by atoms with Crippen LogP contribution in [-0.2, 0) is 5.41 Å². The van der Waals surface area contributed by atoms with E-state index in [-0.39, 0.29) is 0 Å². The van der Waals surface area contributed by atoms with Crippen molar-refractivity contribution in [2.45, 2.75) is 5.41 Å². The molecule has 9 aromatic carbocycles. The van der Waals surface area contributed by atoms with Crippen LogP contribution < -0.4 is 4.90 Å². The number of anilines is 3. The molecule has 0 N–H and O–H groups in total. The van der Waals surface area contributed by atoms with Gasteiger partial charge in [-0.2, -0.15) is 0 Å². The summed E-state index contributed by atoms with van der Waals surface area (Å²) in [4.78, 5) is 2.43. The van der Waals surface area contributed by atoms with E-state index in [1.807, 2.05) is 0 Å². The van der Waals surface area contributed by atoms with Crippen LogP contribution in [0.4, 0.5) is 17.1 Å². The fourth-order valence-corrected chi connectivity index (χ4v) is 9.99. The summed E-state index contributed by atoms with van der Waals surface area (Å²) in [6.07, 6.45) is 0. The highest BCUT2D eigenvalue weighted by molar-refractivity contribution is 6.14. The van der Waals surface area contributed by atoms with E-state index >= 15 is 0 Å². The van der Waals surface area contributed by atoms with Gasteiger partial charge in [-0.05, 0) is 79.9 Å². The van der Waals surface area contributed by atoms with Crippen LogP contribution in [0.2, 0.25) is 0 Å². The van der Waals surface area contributed by atoms with Gasteiger partial charge in [0.15, 0.2) is 5.58 Å². The number of rotatable bonds is 5. The number of para-hydroxylation sites is 3. The van der Waals surface area contributed by atoms with Crippen molar-refractivity contribution in [3.8, 4) is 44.5 Å². The number of fused-ring (bicyclic) bond motifs is 13. The number of benzene rings is 9. The van der Waals surface area contributed by atoms with E-state index in [4.69, 9.17) is 4.42 Å². The molecule has 0 atom stereocenters. The van der Waals surface area contributed by atoms with E-state index in [9.17, 15) is 0 Å². The maximum absolute atomic E-state index is 7.13. The highest BCUT2D eigenvalue weighted by atomic mass is 16.3. The number of nitrogens with zero attached hydrogens (tertiary/aromatic N) is 1. The molecule has 1 heterocycles. The summed E-state index contributed by atoms with van der Waals surface area (Å²) in [5.74, 6) is 0. The van der Waals surface area contributed by atoms with Gasteiger partial charge in [0.2, 0.25) is 0 Å². The maximum atomic E-state index is 7.13. The second kappa shape index (κ2) is 12.3. The van der Waals surface area contributed by atoms with E-state index in [1.54, 1.807) is 0 Å². The summed E-state index contributed by atoms with van der Waals surface area (Å²) in [5, 5.41) is 2.19. The van der Waals surface area contributed by atoms with Crippen LogP contribution >= 0.6 is 0 Å². The number of hydrogen-bond acceptors (Lipinski definition) is 2. The quantitative estimate of drug-likeness (QED) is 0.176. The molecule has 0 saturated carbocycles. The van der Waals surface area contributed by atoms with E-state index in [0.717, 1.165) is 61.3 Å². The van der Waals surface area contributed by atoms with Gasteiger partial charge in [0.05, 0.1) is 16.8 Å². The zero-order valence-electron chi connectivity index (χ0n) is 31.1. The second-order valence-corrected chi connectivity index (χ2v) is 15.1. The Bertz CT molecular complexity index is 3130. The van der Waals surface area contributed by atoms with Gasteiger partial charge in [-0.3, -0.25) is 0 Å². The fraction of sp³-hybridized carbons (Fsp3) is 0.0182. The highest BCUT2D eigenvalue weighted by Crippen LogP contribution is 2.63. The van der Waals surface area contributed by atoms with Gasteiger partial charge in [0, 0.05) is 27.6 Å². The summed E-state index contributed by atoms with van der Waals surface area (Å²) in [6, 6.07) is 77.3. The molecular weight excluding hydrogens is 691 g/mol. The molecule has 2 aliphatic carbocycles. The van der Waals surface area contributed by atoms with Crippen LogP contribution in [0, 0.1) is 0 Å². The highest BCUT2D eigenvalue weighted by Gasteiger charge is 2.51. The van der Waals surface area contributed by atoms with E-state index in [2.05, 4.69) is 217 Å². The Labute approximate surface area is 331 Å². The van der Waals surface area contributed by atoms with Gasteiger partial charge in [-0.15, -0.1) is 0 Å². The molecule has 0 saturated heterocycles. The lowest BCUT2D eigenvalue weighted by Crippen LogP contribution is -2.26. The van der Waals surface area contributed by atoms with Gasteiger partial charge >= 0.3 is 0 Å². The van der Waals surface area contributed by atoms with Gasteiger partial charge in [0.25, 0.3) is 0 Å². The first-order valence-electron chi connectivity index (χ1n) is 19.7. The van der Waals surface area contributed by atoms with Crippen molar-refractivity contribution in [2.75, 3.05) is 4.90 Å². The average Bonchev–Trinajstić information content (AvgIpc) is 3.92.